The molecule has 1 heterocycles. The quantitative estimate of drug-likeness (QED) is 0.665. The van der Waals surface area contributed by atoms with E-state index in [0.29, 0.717) is 17.4 Å². The molecule has 3 heteroatoms. The predicted molar refractivity (Wildman–Crippen MR) is 61.1 cm³/mol. The molecule has 0 aromatic heterocycles. The third-order valence-electron chi connectivity index (χ3n) is 4.08. The van der Waals surface area contributed by atoms with Gasteiger partial charge in [-0.15, -0.1) is 0 Å². The van der Waals surface area contributed by atoms with Crippen molar-refractivity contribution >= 4 is 0 Å². The van der Waals surface area contributed by atoms with Crippen LogP contribution in [0.15, 0.2) is 24.3 Å². The molecule has 0 radical (unpaired) electrons. The van der Waals surface area contributed by atoms with Crippen LogP contribution in [0, 0.1) is 11.8 Å². The third kappa shape index (κ3) is 1.43. The highest BCUT2D eigenvalue weighted by Crippen LogP contribution is 2.48. The van der Waals surface area contributed by atoms with E-state index in [1.165, 1.54) is 0 Å². The number of rotatable bonds is 1. The highest BCUT2D eigenvalue weighted by Gasteiger charge is 2.47. The average molecular weight is 219 g/mol. The highest BCUT2D eigenvalue weighted by molar-refractivity contribution is 5.37. The van der Waals surface area contributed by atoms with Crippen molar-refractivity contribution in [3.05, 3.63) is 29.8 Å². The van der Waals surface area contributed by atoms with Gasteiger partial charge in [-0.05, 0) is 43.8 Å². The molecule has 2 unspecified atom stereocenters. The van der Waals surface area contributed by atoms with Crippen LogP contribution in [0.2, 0.25) is 0 Å². The van der Waals surface area contributed by atoms with Gasteiger partial charge in [-0.2, -0.15) is 0 Å². The van der Waals surface area contributed by atoms with Gasteiger partial charge < -0.3 is 15.5 Å². The van der Waals surface area contributed by atoms with Gasteiger partial charge in [0, 0.05) is 5.56 Å². The third-order valence-corrected chi connectivity index (χ3v) is 4.08. The summed E-state index contributed by atoms with van der Waals surface area (Å²) in [7, 11) is 0. The Morgan fingerprint density at radius 3 is 2.38 bits per heavy atom. The summed E-state index contributed by atoms with van der Waals surface area (Å²) in [4.78, 5) is 0. The van der Waals surface area contributed by atoms with Crippen molar-refractivity contribution in [2.24, 2.45) is 11.8 Å². The summed E-state index contributed by atoms with van der Waals surface area (Å²) in [5, 5.41) is 23.8. The predicted octanol–water partition coefficient (Wildman–Crippen LogP) is 1.21. The van der Waals surface area contributed by atoms with Gasteiger partial charge in [0.05, 0.1) is 5.60 Å². The zero-order chi connectivity index (χ0) is 11.2. The summed E-state index contributed by atoms with van der Waals surface area (Å²) in [5.41, 5.74) is -0.118. The lowest BCUT2D eigenvalue weighted by molar-refractivity contribution is 0.0336. The van der Waals surface area contributed by atoms with E-state index in [2.05, 4.69) is 5.32 Å². The second-order valence-corrected chi connectivity index (χ2v) is 5.14. The van der Waals surface area contributed by atoms with Gasteiger partial charge in [-0.1, -0.05) is 18.2 Å². The first-order chi connectivity index (χ1) is 7.69. The van der Waals surface area contributed by atoms with Crippen LogP contribution in [0.3, 0.4) is 0 Å². The SMILES string of the molecule is Oc1ccccc1C1(O)CC2CNCC2C1. The van der Waals surface area contributed by atoms with E-state index in [1.54, 1.807) is 12.1 Å². The van der Waals surface area contributed by atoms with Crippen molar-refractivity contribution in [3.8, 4) is 5.75 Å². The van der Waals surface area contributed by atoms with Gasteiger partial charge in [0.15, 0.2) is 0 Å². The Morgan fingerprint density at radius 1 is 1.12 bits per heavy atom. The molecule has 2 aliphatic rings. The van der Waals surface area contributed by atoms with E-state index in [9.17, 15) is 10.2 Å². The highest BCUT2D eigenvalue weighted by atomic mass is 16.3. The van der Waals surface area contributed by atoms with Gasteiger partial charge in [-0.3, -0.25) is 0 Å². The van der Waals surface area contributed by atoms with Crippen LogP contribution in [0.5, 0.6) is 5.75 Å². The molecule has 1 aliphatic carbocycles. The van der Waals surface area contributed by atoms with Gasteiger partial charge in [0.25, 0.3) is 0 Å². The molecule has 86 valence electrons. The van der Waals surface area contributed by atoms with E-state index in [4.69, 9.17) is 0 Å². The first-order valence-corrected chi connectivity index (χ1v) is 5.91. The molecule has 0 amide bonds. The molecule has 0 bridgehead atoms. The molecule has 16 heavy (non-hydrogen) atoms. The molecule has 1 aromatic carbocycles. The maximum absolute atomic E-state index is 10.7. The molecule has 1 aliphatic heterocycles. The minimum Gasteiger partial charge on any atom is -0.508 e. The molecule has 1 saturated heterocycles. The molecule has 3 nitrogen and oxygen atoms in total. The first-order valence-electron chi connectivity index (χ1n) is 5.91. The lowest BCUT2D eigenvalue weighted by Crippen LogP contribution is -2.25. The molecular weight excluding hydrogens is 202 g/mol. The van der Waals surface area contributed by atoms with Crippen LogP contribution in [0.25, 0.3) is 0 Å². The summed E-state index contributed by atoms with van der Waals surface area (Å²) in [5.74, 6) is 1.34. The second-order valence-electron chi connectivity index (χ2n) is 5.14. The van der Waals surface area contributed by atoms with Crippen molar-refractivity contribution in [2.45, 2.75) is 18.4 Å². The normalized spacial score (nSPS) is 37.6. The lowest BCUT2D eigenvalue weighted by Gasteiger charge is -2.25. The van der Waals surface area contributed by atoms with Gasteiger partial charge in [-0.25, -0.2) is 0 Å². The Balaban J connectivity index is 1.93. The van der Waals surface area contributed by atoms with Crippen molar-refractivity contribution in [1.82, 2.24) is 5.32 Å². The van der Waals surface area contributed by atoms with E-state index in [1.807, 2.05) is 12.1 Å². The number of para-hydroxylation sites is 1. The van der Waals surface area contributed by atoms with E-state index in [-0.39, 0.29) is 5.75 Å². The second kappa shape index (κ2) is 3.47. The minimum absolute atomic E-state index is 0.220. The summed E-state index contributed by atoms with van der Waals surface area (Å²) >= 11 is 0. The number of fused-ring (bicyclic) bond motifs is 1. The van der Waals surface area contributed by atoms with Crippen LogP contribution < -0.4 is 5.32 Å². The Morgan fingerprint density at radius 2 is 1.75 bits per heavy atom. The van der Waals surface area contributed by atoms with Crippen LogP contribution in [0.1, 0.15) is 18.4 Å². The zero-order valence-electron chi connectivity index (χ0n) is 9.19. The maximum Gasteiger partial charge on any atom is 0.121 e. The lowest BCUT2D eigenvalue weighted by atomic mass is 9.90. The van der Waals surface area contributed by atoms with Crippen LogP contribution in [-0.2, 0) is 5.60 Å². The molecule has 2 atom stereocenters. The van der Waals surface area contributed by atoms with Crippen LogP contribution in [0.4, 0.5) is 0 Å². The van der Waals surface area contributed by atoms with Gasteiger partial charge >= 0.3 is 0 Å². The zero-order valence-corrected chi connectivity index (χ0v) is 9.19. The fourth-order valence-corrected chi connectivity index (χ4v) is 3.30. The van der Waals surface area contributed by atoms with E-state index < -0.39 is 5.60 Å². The standard InChI is InChI=1S/C13H17NO2/c15-12-4-2-1-3-11(12)13(16)5-9-7-14-8-10(9)6-13/h1-4,9-10,14-16H,5-8H2. The molecule has 2 fully saturated rings. The summed E-state index contributed by atoms with van der Waals surface area (Å²) < 4.78 is 0. The number of hydrogen-bond acceptors (Lipinski definition) is 3. The number of aromatic hydroxyl groups is 1. The summed E-state index contributed by atoms with van der Waals surface area (Å²) in [6, 6.07) is 7.16. The summed E-state index contributed by atoms with van der Waals surface area (Å²) in [6.07, 6.45) is 1.53. The number of aliphatic hydroxyl groups is 1. The Hall–Kier alpha value is -1.06. The van der Waals surface area contributed by atoms with Gasteiger partial charge in [0.2, 0.25) is 0 Å². The van der Waals surface area contributed by atoms with Crippen molar-refractivity contribution < 1.29 is 10.2 Å². The average Bonchev–Trinajstić information content (AvgIpc) is 2.76. The first kappa shape index (κ1) is 10.1. The van der Waals surface area contributed by atoms with E-state index in [0.717, 1.165) is 25.9 Å². The maximum atomic E-state index is 10.7. The number of hydrogen-bond donors (Lipinski definition) is 3. The number of phenols is 1. The van der Waals surface area contributed by atoms with Crippen molar-refractivity contribution in [2.75, 3.05) is 13.1 Å². The number of phenolic OH excluding ortho intramolecular Hbond substituents is 1. The molecule has 1 aromatic rings. The molecule has 1 saturated carbocycles. The fourth-order valence-electron chi connectivity index (χ4n) is 3.30. The van der Waals surface area contributed by atoms with Crippen molar-refractivity contribution in [1.29, 1.82) is 0 Å². The topological polar surface area (TPSA) is 52.5 Å². The van der Waals surface area contributed by atoms with Gasteiger partial charge in [0.1, 0.15) is 5.75 Å². The Labute approximate surface area is 95.1 Å². The molecular formula is C13H17NO2. The van der Waals surface area contributed by atoms with Crippen LogP contribution >= 0.6 is 0 Å². The Bertz CT molecular complexity index is 393. The van der Waals surface area contributed by atoms with E-state index >= 15 is 0 Å². The summed E-state index contributed by atoms with van der Waals surface area (Å²) in [6.45, 7) is 2.00. The Kier molecular flexibility index (Phi) is 2.19. The minimum atomic E-state index is -0.817. The van der Waals surface area contributed by atoms with Crippen LogP contribution in [-0.4, -0.2) is 23.3 Å². The molecule has 3 N–H and O–H groups in total. The largest absolute Gasteiger partial charge is 0.508 e. The number of benzene rings is 1. The molecule has 0 spiro atoms. The smallest absolute Gasteiger partial charge is 0.121 e. The molecule has 3 rings (SSSR count). The number of nitrogens with one attached hydrogen (secondary N) is 1. The van der Waals surface area contributed by atoms with Crippen molar-refractivity contribution in [3.63, 3.8) is 0 Å². The monoisotopic (exact) mass is 219 g/mol. The fraction of sp³-hybridized carbons (Fsp3) is 0.538.